The molecule has 0 aliphatic heterocycles. The highest BCUT2D eigenvalue weighted by Crippen LogP contribution is 2.10. The molecule has 0 amide bonds. The molecule has 1 radical (unpaired) electrons. The van der Waals surface area contributed by atoms with Crippen molar-refractivity contribution in [3.05, 3.63) is 35.4 Å². The number of aryl methyl sites for hydroxylation is 1. The second-order valence-corrected chi connectivity index (χ2v) is 4.29. The van der Waals surface area contributed by atoms with Gasteiger partial charge in [0, 0.05) is 0 Å². The van der Waals surface area contributed by atoms with E-state index >= 15 is 0 Å². The first-order chi connectivity index (χ1) is 8.77. The van der Waals surface area contributed by atoms with Crippen LogP contribution in [0.4, 0.5) is 0 Å². The maximum Gasteiger partial charge on any atom is 0.338 e. The minimum absolute atomic E-state index is 0.0359. The van der Waals surface area contributed by atoms with E-state index in [4.69, 9.17) is 4.74 Å². The fraction of sp³-hybridized carbons (Fsp3) is 0.533. The summed E-state index contributed by atoms with van der Waals surface area (Å²) in [5, 5.41) is 10.3. The highest BCUT2D eigenvalue weighted by molar-refractivity contribution is 5.89. The first kappa shape index (κ1) is 14.7. The Morgan fingerprint density at radius 1 is 1.06 bits per heavy atom. The lowest BCUT2D eigenvalue weighted by Crippen LogP contribution is -2.04. The summed E-state index contributed by atoms with van der Waals surface area (Å²) in [6, 6.07) is 7.57. The Morgan fingerprint density at radius 2 is 1.72 bits per heavy atom. The number of hydrogen-bond donors (Lipinski definition) is 0. The first-order valence-electron chi connectivity index (χ1n) is 6.62. The van der Waals surface area contributed by atoms with Crippen LogP contribution in [0.2, 0.25) is 0 Å². The monoisotopic (exact) mass is 249 g/mol. The van der Waals surface area contributed by atoms with Crippen LogP contribution in [0, 0.1) is 0 Å². The Labute approximate surface area is 109 Å². The van der Waals surface area contributed by atoms with Gasteiger partial charge in [0.25, 0.3) is 0 Å². The standard InChI is InChI=1S/C15H21O3/c1-2-18-15(17)14-10-8-13(9-11-14)7-5-3-4-6-12-16/h8-11H,2-7,12H2,1H3. The highest BCUT2D eigenvalue weighted by atomic mass is 16.5. The Hall–Kier alpha value is -1.35. The van der Waals surface area contributed by atoms with Crippen LogP contribution in [-0.2, 0) is 16.3 Å². The zero-order valence-corrected chi connectivity index (χ0v) is 11.0. The lowest BCUT2D eigenvalue weighted by Gasteiger charge is -2.04. The van der Waals surface area contributed by atoms with E-state index < -0.39 is 0 Å². The van der Waals surface area contributed by atoms with E-state index in [-0.39, 0.29) is 12.6 Å². The molecule has 0 spiro atoms. The Bertz CT molecular complexity index is 343. The van der Waals surface area contributed by atoms with E-state index in [0.717, 1.165) is 32.1 Å². The molecule has 0 bridgehead atoms. The molecule has 0 saturated heterocycles. The summed E-state index contributed by atoms with van der Waals surface area (Å²) >= 11 is 0. The van der Waals surface area contributed by atoms with Crippen molar-refractivity contribution >= 4 is 5.97 Å². The van der Waals surface area contributed by atoms with Crippen molar-refractivity contribution in [2.24, 2.45) is 0 Å². The smallest absolute Gasteiger partial charge is 0.338 e. The van der Waals surface area contributed by atoms with Gasteiger partial charge in [-0.3, -0.25) is 0 Å². The van der Waals surface area contributed by atoms with Gasteiger partial charge in [-0.1, -0.05) is 25.0 Å². The number of carbonyl (C=O) groups is 1. The molecular formula is C15H21O3. The molecule has 0 N–H and O–H groups in total. The predicted molar refractivity (Wildman–Crippen MR) is 70.1 cm³/mol. The largest absolute Gasteiger partial charge is 0.462 e. The van der Waals surface area contributed by atoms with Crippen LogP contribution in [0.5, 0.6) is 0 Å². The highest BCUT2D eigenvalue weighted by Gasteiger charge is 2.05. The molecule has 0 fully saturated rings. The molecule has 0 atom stereocenters. The van der Waals surface area contributed by atoms with Crippen LogP contribution < -0.4 is 0 Å². The van der Waals surface area contributed by atoms with Gasteiger partial charge in [-0.2, -0.15) is 0 Å². The second kappa shape index (κ2) is 8.70. The minimum atomic E-state index is -0.264. The van der Waals surface area contributed by atoms with Gasteiger partial charge >= 0.3 is 5.97 Å². The minimum Gasteiger partial charge on any atom is -0.462 e. The molecule has 3 nitrogen and oxygen atoms in total. The quantitative estimate of drug-likeness (QED) is 0.523. The van der Waals surface area contributed by atoms with Crippen LogP contribution in [-0.4, -0.2) is 19.2 Å². The Balaban J connectivity index is 2.33. The van der Waals surface area contributed by atoms with Crippen molar-refractivity contribution in [1.82, 2.24) is 0 Å². The van der Waals surface area contributed by atoms with Crippen LogP contribution in [0.25, 0.3) is 0 Å². The zero-order chi connectivity index (χ0) is 13.2. The molecule has 0 aromatic heterocycles. The lowest BCUT2D eigenvalue weighted by atomic mass is 10.0. The van der Waals surface area contributed by atoms with Crippen molar-refractivity contribution in [3.63, 3.8) is 0 Å². The number of ether oxygens (including phenoxy) is 1. The van der Waals surface area contributed by atoms with E-state index in [1.807, 2.05) is 24.3 Å². The third-order valence-corrected chi connectivity index (χ3v) is 2.82. The summed E-state index contributed by atoms with van der Waals surface area (Å²) in [6.45, 7) is 2.24. The fourth-order valence-corrected chi connectivity index (χ4v) is 1.81. The molecule has 1 rings (SSSR count). The van der Waals surface area contributed by atoms with Crippen LogP contribution in [0.3, 0.4) is 0 Å². The van der Waals surface area contributed by atoms with Gasteiger partial charge in [-0.25, -0.2) is 9.90 Å². The number of unbranched alkanes of at least 4 members (excludes halogenated alkanes) is 3. The van der Waals surface area contributed by atoms with Gasteiger partial charge in [0.2, 0.25) is 0 Å². The predicted octanol–water partition coefficient (Wildman–Crippen LogP) is 3.40. The molecule has 0 aliphatic carbocycles. The van der Waals surface area contributed by atoms with E-state index in [1.165, 1.54) is 5.56 Å². The number of benzene rings is 1. The summed E-state index contributed by atoms with van der Waals surface area (Å²) in [7, 11) is 0. The van der Waals surface area contributed by atoms with Crippen molar-refractivity contribution < 1.29 is 14.6 Å². The Morgan fingerprint density at radius 3 is 2.33 bits per heavy atom. The van der Waals surface area contributed by atoms with Gasteiger partial charge in [-0.15, -0.1) is 0 Å². The van der Waals surface area contributed by atoms with Gasteiger partial charge in [0.15, 0.2) is 0 Å². The average molecular weight is 249 g/mol. The summed E-state index contributed by atoms with van der Waals surface area (Å²) in [6.07, 6.45) is 4.99. The first-order valence-corrected chi connectivity index (χ1v) is 6.62. The number of rotatable bonds is 8. The van der Waals surface area contributed by atoms with E-state index in [2.05, 4.69) is 0 Å². The normalized spacial score (nSPS) is 10.3. The molecule has 0 saturated carbocycles. The Kier molecular flexibility index (Phi) is 7.11. The zero-order valence-electron chi connectivity index (χ0n) is 11.0. The molecular weight excluding hydrogens is 228 g/mol. The molecule has 99 valence electrons. The van der Waals surface area contributed by atoms with E-state index in [1.54, 1.807) is 6.92 Å². The van der Waals surface area contributed by atoms with E-state index in [9.17, 15) is 9.90 Å². The van der Waals surface area contributed by atoms with Crippen molar-refractivity contribution in [2.45, 2.75) is 39.0 Å². The number of esters is 1. The summed E-state index contributed by atoms with van der Waals surface area (Å²) in [5.41, 5.74) is 1.83. The van der Waals surface area contributed by atoms with Crippen LogP contribution in [0.15, 0.2) is 24.3 Å². The summed E-state index contributed by atoms with van der Waals surface area (Å²) in [5.74, 6) is -0.264. The third kappa shape index (κ3) is 5.32. The maximum atomic E-state index is 11.4. The van der Waals surface area contributed by atoms with Gasteiger partial charge in [0.1, 0.15) is 0 Å². The third-order valence-electron chi connectivity index (χ3n) is 2.82. The number of hydrogen-bond acceptors (Lipinski definition) is 2. The van der Waals surface area contributed by atoms with Crippen LogP contribution in [0.1, 0.15) is 48.5 Å². The molecule has 0 unspecified atom stereocenters. The molecule has 1 aromatic rings. The molecule has 0 aliphatic rings. The van der Waals surface area contributed by atoms with Crippen molar-refractivity contribution in [3.8, 4) is 0 Å². The molecule has 3 heteroatoms. The van der Waals surface area contributed by atoms with E-state index in [0.29, 0.717) is 12.2 Å². The maximum absolute atomic E-state index is 11.4. The topological polar surface area (TPSA) is 46.2 Å². The summed E-state index contributed by atoms with van der Waals surface area (Å²) < 4.78 is 4.92. The van der Waals surface area contributed by atoms with Crippen molar-refractivity contribution in [1.29, 1.82) is 0 Å². The SMILES string of the molecule is CCOC(=O)c1ccc(CCCCCC[O])cc1. The second-order valence-electron chi connectivity index (χ2n) is 4.29. The number of carbonyl (C=O) groups excluding carboxylic acids is 1. The lowest BCUT2D eigenvalue weighted by molar-refractivity contribution is 0.0526. The average Bonchev–Trinajstić information content (AvgIpc) is 2.39. The fourth-order valence-electron chi connectivity index (χ4n) is 1.81. The van der Waals surface area contributed by atoms with Gasteiger partial charge < -0.3 is 4.74 Å². The van der Waals surface area contributed by atoms with Crippen molar-refractivity contribution in [2.75, 3.05) is 13.2 Å². The molecule has 0 heterocycles. The summed E-state index contributed by atoms with van der Waals surface area (Å²) in [4.78, 5) is 11.4. The van der Waals surface area contributed by atoms with Gasteiger partial charge in [-0.05, 0) is 43.9 Å². The molecule has 1 aromatic carbocycles. The molecule has 18 heavy (non-hydrogen) atoms. The van der Waals surface area contributed by atoms with Crippen LogP contribution >= 0.6 is 0 Å². The van der Waals surface area contributed by atoms with Gasteiger partial charge in [0.05, 0.1) is 18.8 Å².